The second-order valence-corrected chi connectivity index (χ2v) is 3.83. The monoisotopic (exact) mass is 229 g/mol. The average Bonchev–Trinajstić information content (AvgIpc) is 2.20. The number of hydrogen-bond donors (Lipinski definition) is 1. The maximum atomic E-state index is 11.0. The van der Waals surface area contributed by atoms with E-state index in [2.05, 4.69) is 11.9 Å². The van der Waals surface area contributed by atoms with Gasteiger partial charge >= 0.3 is 12.1 Å². The van der Waals surface area contributed by atoms with Crippen molar-refractivity contribution in [2.75, 3.05) is 19.8 Å². The third kappa shape index (κ3) is 7.84. The summed E-state index contributed by atoms with van der Waals surface area (Å²) in [6.07, 6.45) is -0.500. The summed E-state index contributed by atoms with van der Waals surface area (Å²) in [4.78, 5) is 22.0. The minimum atomic E-state index is -0.500. The summed E-state index contributed by atoms with van der Waals surface area (Å²) in [5.74, 6) is -0.111. The van der Waals surface area contributed by atoms with Gasteiger partial charge < -0.3 is 14.8 Å². The van der Waals surface area contributed by atoms with Gasteiger partial charge in [-0.25, -0.2) is 9.59 Å². The Bertz CT molecular complexity index is 261. The zero-order chi connectivity index (χ0) is 12.6. The first-order chi connectivity index (χ1) is 7.43. The third-order valence-electron chi connectivity index (χ3n) is 1.55. The molecule has 0 aromatic rings. The van der Waals surface area contributed by atoms with Crippen molar-refractivity contribution in [1.29, 1.82) is 0 Å². The molecule has 0 atom stereocenters. The molecule has 0 aliphatic heterocycles. The topological polar surface area (TPSA) is 64.6 Å². The molecule has 16 heavy (non-hydrogen) atoms. The van der Waals surface area contributed by atoms with E-state index in [9.17, 15) is 9.59 Å². The highest BCUT2D eigenvalue weighted by Crippen LogP contribution is 1.92. The van der Waals surface area contributed by atoms with Crippen LogP contribution in [0.15, 0.2) is 12.2 Å². The molecule has 0 rings (SSSR count). The Balaban J connectivity index is 3.48. The molecule has 0 saturated heterocycles. The second kappa shape index (κ2) is 7.73. The van der Waals surface area contributed by atoms with Gasteiger partial charge in [0.2, 0.25) is 0 Å². The molecule has 5 nitrogen and oxygen atoms in total. The molecule has 0 aliphatic rings. The van der Waals surface area contributed by atoms with Crippen LogP contribution in [0.5, 0.6) is 0 Å². The number of carbonyl (C=O) groups excluding carboxylic acids is 2. The van der Waals surface area contributed by atoms with Gasteiger partial charge in [-0.15, -0.1) is 0 Å². The van der Waals surface area contributed by atoms with E-state index in [1.165, 1.54) is 0 Å². The highest BCUT2D eigenvalue weighted by atomic mass is 16.6. The van der Waals surface area contributed by atoms with Crippen molar-refractivity contribution in [2.24, 2.45) is 5.92 Å². The lowest BCUT2D eigenvalue weighted by Gasteiger charge is -2.08. The molecule has 0 saturated carbocycles. The van der Waals surface area contributed by atoms with Crippen LogP contribution in [-0.4, -0.2) is 31.8 Å². The molecule has 0 spiro atoms. The SMILES string of the molecule is C=C(C)C(=O)OCCOC(=O)NCC(C)C. The van der Waals surface area contributed by atoms with Gasteiger partial charge in [-0.05, 0) is 12.8 Å². The number of nitrogens with one attached hydrogen (secondary N) is 1. The minimum Gasteiger partial charge on any atom is -0.459 e. The quantitative estimate of drug-likeness (QED) is 0.426. The zero-order valence-corrected chi connectivity index (χ0v) is 10.0. The van der Waals surface area contributed by atoms with Crippen LogP contribution in [0.3, 0.4) is 0 Å². The summed E-state index contributed by atoms with van der Waals surface area (Å²) in [7, 11) is 0. The third-order valence-corrected chi connectivity index (χ3v) is 1.55. The number of amides is 1. The Morgan fingerprint density at radius 2 is 1.81 bits per heavy atom. The summed E-state index contributed by atoms with van der Waals surface area (Å²) < 4.78 is 9.50. The Kier molecular flexibility index (Phi) is 7.00. The van der Waals surface area contributed by atoms with E-state index in [1.807, 2.05) is 13.8 Å². The number of rotatable bonds is 6. The Morgan fingerprint density at radius 1 is 1.25 bits per heavy atom. The Morgan fingerprint density at radius 3 is 2.31 bits per heavy atom. The summed E-state index contributed by atoms with van der Waals surface area (Å²) in [5, 5.41) is 2.57. The van der Waals surface area contributed by atoms with E-state index in [0.717, 1.165) is 0 Å². The molecule has 0 bridgehead atoms. The lowest BCUT2D eigenvalue weighted by molar-refractivity contribution is -0.139. The molecule has 5 heteroatoms. The summed E-state index contributed by atoms with van der Waals surface area (Å²) in [6, 6.07) is 0. The van der Waals surface area contributed by atoms with Crippen LogP contribution >= 0.6 is 0 Å². The average molecular weight is 229 g/mol. The van der Waals surface area contributed by atoms with Crippen molar-refractivity contribution >= 4 is 12.1 Å². The number of carbonyl (C=O) groups is 2. The van der Waals surface area contributed by atoms with E-state index < -0.39 is 12.1 Å². The van der Waals surface area contributed by atoms with Crippen LogP contribution in [0.2, 0.25) is 0 Å². The van der Waals surface area contributed by atoms with Crippen molar-refractivity contribution in [1.82, 2.24) is 5.32 Å². The second-order valence-electron chi connectivity index (χ2n) is 3.83. The van der Waals surface area contributed by atoms with Crippen molar-refractivity contribution in [3.63, 3.8) is 0 Å². The van der Waals surface area contributed by atoms with Crippen LogP contribution in [-0.2, 0) is 14.3 Å². The van der Waals surface area contributed by atoms with E-state index in [1.54, 1.807) is 6.92 Å². The van der Waals surface area contributed by atoms with E-state index in [0.29, 0.717) is 18.0 Å². The molecular formula is C11H19NO4. The fourth-order valence-electron chi connectivity index (χ4n) is 0.730. The predicted octanol–water partition coefficient (Wildman–Crippen LogP) is 1.49. The molecule has 0 radical (unpaired) electrons. The van der Waals surface area contributed by atoms with Crippen molar-refractivity contribution in [2.45, 2.75) is 20.8 Å². The van der Waals surface area contributed by atoms with Crippen LogP contribution in [0.25, 0.3) is 0 Å². The maximum Gasteiger partial charge on any atom is 0.407 e. The molecule has 92 valence electrons. The molecule has 1 N–H and O–H groups in total. The van der Waals surface area contributed by atoms with Gasteiger partial charge in [0.05, 0.1) is 0 Å². The van der Waals surface area contributed by atoms with Crippen LogP contribution in [0.1, 0.15) is 20.8 Å². The number of ether oxygens (including phenoxy) is 2. The van der Waals surface area contributed by atoms with Gasteiger partial charge in [-0.2, -0.15) is 0 Å². The number of esters is 1. The van der Waals surface area contributed by atoms with Crippen molar-refractivity contribution < 1.29 is 19.1 Å². The standard InChI is InChI=1S/C11H19NO4/c1-8(2)7-12-11(14)16-6-5-15-10(13)9(3)4/h8H,3,5-7H2,1-2,4H3,(H,12,14). The lowest BCUT2D eigenvalue weighted by atomic mass is 10.2. The summed E-state index contributed by atoms with van der Waals surface area (Å²) >= 11 is 0. The maximum absolute atomic E-state index is 11.0. The van der Waals surface area contributed by atoms with E-state index in [4.69, 9.17) is 9.47 Å². The lowest BCUT2D eigenvalue weighted by Crippen LogP contribution is -2.29. The van der Waals surface area contributed by atoms with Gasteiger partial charge in [0, 0.05) is 12.1 Å². The molecule has 0 heterocycles. The molecule has 0 aromatic heterocycles. The number of hydrogen-bond acceptors (Lipinski definition) is 4. The summed E-state index contributed by atoms with van der Waals surface area (Å²) in [5.41, 5.74) is 0.323. The molecular weight excluding hydrogens is 210 g/mol. The van der Waals surface area contributed by atoms with Crippen molar-refractivity contribution in [3.8, 4) is 0 Å². The fraction of sp³-hybridized carbons (Fsp3) is 0.636. The van der Waals surface area contributed by atoms with Crippen LogP contribution < -0.4 is 5.32 Å². The fourth-order valence-corrected chi connectivity index (χ4v) is 0.730. The van der Waals surface area contributed by atoms with Gasteiger partial charge in [-0.1, -0.05) is 20.4 Å². The first kappa shape index (κ1) is 14.5. The molecule has 0 aromatic carbocycles. The largest absolute Gasteiger partial charge is 0.459 e. The molecule has 0 aliphatic carbocycles. The number of alkyl carbamates (subject to hydrolysis) is 1. The van der Waals surface area contributed by atoms with E-state index in [-0.39, 0.29) is 13.2 Å². The molecule has 0 unspecified atom stereocenters. The van der Waals surface area contributed by atoms with Gasteiger partial charge in [0.25, 0.3) is 0 Å². The smallest absolute Gasteiger partial charge is 0.407 e. The summed E-state index contributed by atoms with van der Waals surface area (Å²) in [6.45, 7) is 9.59. The Hall–Kier alpha value is -1.52. The zero-order valence-electron chi connectivity index (χ0n) is 10.0. The Labute approximate surface area is 95.8 Å². The van der Waals surface area contributed by atoms with Crippen LogP contribution in [0, 0.1) is 5.92 Å². The van der Waals surface area contributed by atoms with E-state index >= 15 is 0 Å². The normalized spacial score (nSPS) is 9.75. The van der Waals surface area contributed by atoms with Crippen LogP contribution in [0.4, 0.5) is 4.79 Å². The van der Waals surface area contributed by atoms with Gasteiger partial charge in [0.15, 0.2) is 0 Å². The van der Waals surface area contributed by atoms with Gasteiger partial charge in [-0.3, -0.25) is 0 Å². The first-order valence-electron chi connectivity index (χ1n) is 5.16. The molecule has 0 fully saturated rings. The molecule has 1 amide bonds. The highest BCUT2D eigenvalue weighted by molar-refractivity contribution is 5.86. The minimum absolute atomic E-state index is 0.0425. The van der Waals surface area contributed by atoms with Crippen molar-refractivity contribution in [3.05, 3.63) is 12.2 Å². The van der Waals surface area contributed by atoms with Gasteiger partial charge in [0.1, 0.15) is 13.2 Å². The predicted molar refractivity (Wildman–Crippen MR) is 60.0 cm³/mol. The highest BCUT2D eigenvalue weighted by Gasteiger charge is 2.05. The first-order valence-corrected chi connectivity index (χ1v) is 5.16.